The molecule has 4 heteroatoms. The molecule has 0 spiro atoms. The van der Waals surface area contributed by atoms with Crippen LogP contribution in [0.4, 0.5) is 0 Å². The Balaban J connectivity index is 1.35. The molecule has 23 heavy (non-hydrogen) atoms. The van der Waals surface area contributed by atoms with Gasteiger partial charge in [-0.15, -0.1) is 0 Å². The minimum Gasteiger partial charge on any atom is -0.339 e. The number of likely N-dealkylation sites (tertiary alicyclic amines) is 1. The van der Waals surface area contributed by atoms with Gasteiger partial charge in [0.1, 0.15) is 0 Å². The normalized spacial score (nSPS) is 19.0. The zero-order valence-corrected chi connectivity index (χ0v) is 13.4. The van der Waals surface area contributed by atoms with E-state index in [1.807, 2.05) is 4.90 Å². The van der Waals surface area contributed by atoms with Gasteiger partial charge in [-0.05, 0) is 43.6 Å². The number of carbonyl (C=O) groups excluding carboxylic acids is 1. The summed E-state index contributed by atoms with van der Waals surface area (Å²) >= 11 is 0. The molecular weight excluding hydrogens is 286 g/mol. The lowest BCUT2D eigenvalue weighted by Gasteiger charge is -2.32. The molecule has 120 valence electrons. The van der Waals surface area contributed by atoms with Crippen molar-refractivity contribution in [2.45, 2.75) is 38.0 Å². The van der Waals surface area contributed by atoms with Gasteiger partial charge in [-0.25, -0.2) is 0 Å². The van der Waals surface area contributed by atoms with Gasteiger partial charge >= 0.3 is 0 Å². The monoisotopic (exact) mass is 309 g/mol. The number of hydrogen-bond acceptors (Lipinski definition) is 2. The lowest BCUT2D eigenvalue weighted by atomic mass is 9.90. The fourth-order valence-electron chi connectivity index (χ4n) is 3.61. The lowest BCUT2D eigenvalue weighted by Crippen LogP contribution is -2.39. The van der Waals surface area contributed by atoms with Crippen LogP contribution in [0.1, 0.15) is 53.2 Å². The van der Waals surface area contributed by atoms with Crippen LogP contribution in [0.25, 0.3) is 0 Å². The maximum atomic E-state index is 12.7. The van der Waals surface area contributed by atoms with E-state index in [1.165, 1.54) is 18.4 Å². The molecule has 0 bridgehead atoms. The van der Waals surface area contributed by atoms with Crippen LogP contribution in [0.3, 0.4) is 0 Å². The topological polar surface area (TPSA) is 49.0 Å². The first-order valence-electron chi connectivity index (χ1n) is 8.67. The van der Waals surface area contributed by atoms with Crippen LogP contribution in [-0.2, 0) is 6.42 Å². The van der Waals surface area contributed by atoms with Gasteiger partial charge in [0.2, 0.25) is 0 Å². The molecule has 4 rings (SSSR count). The third-order valence-corrected chi connectivity index (χ3v) is 5.15. The highest BCUT2D eigenvalue weighted by molar-refractivity contribution is 5.95. The van der Waals surface area contributed by atoms with Crippen LogP contribution in [0.2, 0.25) is 0 Å². The second-order valence-corrected chi connectivity index (χ2v) is 6.90. The summed E-state index contributed by atoms with van der Waals surface area (Å²) in [4.78, 5) is 14.8. The van der Waals surface area contributed by atoms with Crippen LogP contribution in [0.5, 0.6) is 0 Å². The summed E-state index contributed by atoms with van der Waals surface area (Å²) in [5, 5.41) is 7.13. The number of amides is 1. The minimum atomic E-state index is 0.166. The Labute approximate surface area is 136 Å². The smallest absolute Gasteiger partial charge is 0.257 e. The Morgan fingerprint density at radius 2 is 1.87 bits per heavy atom. The van der Waals surface area contributed by atoms with Crippen molar-refractivity contribution in [1.82, 2.24) is 15.1 Å². The number of nitrogens with zero attached hydrogens (tertiary/aromatic N) is 2. The molecule has 1 N–H and O–H groups in total. The van der Waals surface area contributed by atoms with Gasteiger partial charge in [0.15, 0.2) is 0 Å². The van der Waals surface area contributed by atoms with E-state index in [2.05, 4.69) is 40.5 Å². The average molecular weight is 309 g/mol. The Bertz CT molecular complexity index is 667. The van der Waals surface area contributed by atoms with E-state index in [1.54, 1.807) is 6.20 Å². The Morgan fingerprint density at radius 1 is 1.13 bits per heavy atom. The van der Waals surface area contributed by atoms with Gasteiger partial charge < -0.3 is 4.90 Å². The molecule has 2 aliphatic rings. The molecule has 1 aromatic carbocycles. The van der Waals surface area contributed by atoms with Crippen molar-refractivity contribution >= 4 is 5.91 Å². The van der Waals surface area contributed by atoms with Crippen molar-refractivity contribution in [3.05, 3.63) is 53.3 Å². The van der Waals surface area contributed by atoms with Crippen molar-refractivity contribution in [2.75, 3.05) is 13.1 Å². The minimum absolute atomic E-state index is 0.166. The van der Waals surface area contributed by atoms with E-state index in [0.717, 1.165) is 43.6 Å². The predicted molar refractivity (Wildman–Crippen MR) is 89.3 cm³/mol. The molecular formula is C19H23N3O. The van der Waals surface area contributed by atoms with E-state index in [0.29, 0.717) is 11.8 Å². The molecule has 1 aliphatic carbocycles. The molecule has 1 saturated carbocycles. The van der Waals surface area contributed by atoms with Crippen LogP contribution >= 0.6 is 0 Å². The first kappa shape index (κ1) is 14.5. The first-order chi connectivity index (χ1) is 11.3. The average Bonchev–Trinajstić information content (AvgIpc) is 3.33. The number of piperidine rings is 1. The predicted octanol–water partition coefficient (Wildman–Crippen LogP) is 3.38. The Kier molecular flexibility index (Phi) is 3.90. The fraction of sp³-hybridized carbons (Fsp3) is 0.474. The Morgan fingerprint density at radius 3 is 2.57 bits per heavy atom. The zero-order valence-electron chi connectivity index (χ0n) is 13.4. The van der Waals surface area contributed by atoms with Gasteiger partial charge in [-0.1, -0.05) is 30.3 Å². The van der Waals surface area contributed by atoms with Gasteiger partial charge in [-0.3, -0.25) is 9.89 Å². The quantitative estimate of drug-likeness (QED) is 0.941. The third kappa shape index (κ3) is 3.16. The van der Waals surface area contributed by atoms with Crippen molar-refractivity contribution in [3.63, 3.8) is 0 Å². The summed E-state index contributed by atoms with van der Waals surface area (Å²) in [6.45, 7) is 1.73. The molecule has 2 fully saturated rings. The zero-order chi connectivity index (χ0) is 15.6. The molecule has 1 amide bonds. The van der Waals surface area contributed by atoms with E-state index < -0.39 is 0 Å². The van der Waals surface area contributed by atoms with Crippen molar-refractivity contribution < 1.29 is 4.79 Å². The number of rotatable bonds is 4. The number of H-pyrrole nitrogens is 1. The lowest BCUT2D eigenvalue weighted by molar-refractivity contribution is 0.0689. The summed E-state index contributed by atoms with van der Waals surface area (Å²) in [5.74, 6) is 1.39. The standard InChI is InChI=1S/C19H23N3O/c23-19(17-13-20-21-18(17)16-6-7-16)22-10-8-15(9-11-22)12-14-4-2-1-3-5-14/h1-5,13,15-16H,6-12H2,(H,20,21). The number of nitrogens with one attached hydrogen (secondary N) is 1. The third-order valence-electron chi connectivity index (χ3n) is 5.15. The molecule has 1 saturated heterocycles. The largest absolute Gasteiger partial charge is 0.339 e. The number of benzene rings is 1. The molecule has 1 aromatic heterocycles. The highest BCUT2D eigenvalue weighted by Gasteiger charge is 2.32. The highest BCUT2D eigenvalue weighted by atomic mass is 16.2. The molecule has 2 heterocycles. The molecule has 1 aliphatic heterocycles. The summed E-state index contributed by atoms with van der Waals surface area (Å²) in [6, 6.07) is 10.7. The van der Waals surface area contributed by atoms with Crippen LogP contribution in [0.15, 0.2) is 36.5 Å². The van der Waals surface area contributed by atoms with Crippen molar-refractivity contribution in [1.29, 1.82) is 0 Å². The van der Waals surface area contributed by atoms with Gasteiger partial charge in [0.25, 0.3) is 5.91 Å². The molecule has 0 radical (unpaired) electrons. The summed E-state index contributed by atoms with van der Waals surface area (Å²) in [7, 11) is 0. The highest BCUT2D eigenvalue weighted by Crippen LogP contribution is 2.40. The number of carbonyl (C=O) groups is 1. The number of hydrogen-bond donors (Lipinski definition) is 1. The van der Waals surface area contributed by atoms with E-state index >= 15 is 0 Å². The molecule has 0 unspecified atom stereocenters. The summed E-state index contributed by atoms with van der Waals surface area (Å²) in [5.41, 5.74) is 3.26. The van der Waals surface area contributed by atoms with Crippen LogP contribution in [0, 0.1) is 5.92 Å². The molecule has 0 atom stereocenters. The van der Waals surface area contributed by atoms with E-state index in [9.17, 15) is 4.79 Å². The van der Waals surface area contributed by atoms with Crippen molar-refractivity contribution in [3.8, 4) is 0 Å². The Hall–Kier alpha value is -2.10. The second kappa shape index (κ2) is 6.19. The molecule has 4 nitrogen and oxygen atoms in total. The number of aromatic amines is 1. The summed E-state index contributed by atoms with van der Waals surface area (Å²) in [6.07, 6.45) is 7.39. The number of aromatic nitrogens is 2. The molecule has 2 aromatic rings. The van der Waals surface area contributed by atoms with E-state index in [-0.39, 0.29) is 5.91 Å². The maximum Gasteiger partial charge on any atom is 0.257 e. The fourth-order valence-corrected chi connectivity index (χ4v) is 3.61. The van der Waals surface area contributed by atoms with Gasteiger partial charge in [0.05, 0.1) is 17.5 Å². The van der Waals surface area contributed by atoms with Gasteiger partial charge in [0, 0.05) is 19.0 Å². The SMILES string of the molecule is O=C(c1cn[nH]c1C1CC1)N1CCC(Cc2ccccc2)CC1. The summed E-state index contributed by atoms with van der Waals surface area (Å²) < 4.78 is 0. The van der Waals surface area contributed by atoms with Gasteiger partial charge in [-0.2, -0.15) is 5.10 Å². The maximum absolute atomic E-state index is 12.7. The van der Waals surface area contributed by atoms with E-state index in [4.69, 9.17) is 0 Å². The van der Waals surface area contributed by atoms with Crippen LogP contribution in [-0.4, -0.2) is 34.1 Å². The second-order valence-electron chi connectivity index (χ2n) is 6.90. The van der Waals surface area contributed by atoms with Crippen LogP contribution < -0.4 is 0 Å². The van der Waals surface area contributed by atoms with Crippen molar-refractivity contribution in [2.24, 2.45) is 5.92 Å². The first-order valence-corrected chi connectivity index (χ1v) is 8.67.